The summed E-state index contributed by atoms with van der Waals surface area (Å²) >= 11 is 0. The zero-order valence-electron chi connectivity index (χ0n) is 11.2. The Morgan fingerprint density at radius 1 is 1.26 bits per heavy atom. The highest BCUT2D eigenvalue weighted by atomic mass is 16.5. The van der Waals surface area contributed by atoms with E-state index in [1.54, 1.807) is 12.1 Å². The smallest absolute Gasteiger partial charge is 0.228 e. The molecule has 0 aliphatic heterocycles. The van der Waals surface area contributed by atoms with Crippen LogP contribution in [0.5, 0.6) is 5.75 Å². The molecule has 5 nitrogen and oxygen atoms in total. The zero-order chi connectivity index (χ0) is 13.8. The molecular weight excluding hydrogens is 242 g/mol. The number of hydrogen-bond acceptors (Lipinski definition) is 5. The predicted molar refractivity (Wildman–Crippen MR) is 71.7 cm³/mol. The maximum Gasteiger partial charge on any atom is 0.228 e. The van der Waals surface area contributed by atoms with Crippen molar-refractivity contribution in [3.8, 4) is 5.75 Å². The number of aromatic nitrogens is 2. The van der Waals surface area contributed by atoms with Crippen LogP contribution in [0, 0.1) is 5.92 Å². The lowest BCUT2D eigenvalue weighted by Crippen LogP contribution is -2.28. The Labute approximate surface area is 112 Å². The molecule has 0 saturated heterocycles. The second-order valence-corrected chi connectivity index (χ2v) is 5.06. The molecule has 1 aromatic heterocycles. The number of phenolic OH excluding ortho intramolecular Hbond substituents is 1. The van der Waals surface area contributed by atoms with Gasteiger partial charge < -0.3 is 15.4 Å². The fourth-order valence-corrected chi connectivity index (χ4v) is 1.68. The molecule has 19 heavy (non-hydrogen) atoms. The molecule has 0 radical (unpaired) electrons. The Hall–Kier alpha value is -1.88. The van der Waals surface area contributed by atoms with Crippen LogP contribution in [0.4, 0.5) is 0 Å². The molecule has 0 aliphatic carbocycles. The van der Waals surface area contributed by atoms with E-state index in [-0.39, 0.29) is 11.8 Å². The molecule has 0 aliphatic rings. The molecule has 0 saturated carbocycles. The first-order valence-corrected chi connectivity index (χ1v) is 6.39. The largest absolute Gasteiger partial charge is 0.508 e. The number of rotatable bonds is 5. The summed E-state index contributed by atoms with van der Waals surface area (Å²) in [6.45, 7) is 4.14. The van der Waals surface area contributed by atoms with Crippen molar-refractivity contribution >= 4 is 0 Å². The first-order valence-electron chi connectivity index (χ1n) is 6.39. The van der Waals surface area contributed by atoms with Gasteiger partial charge in [-0.25, -0.2) is 0 Å². The Bertz CT molecular complexity index is 520. The van der Waals surface area contributed by atoms with Crippen LogP contribution < -0.4 is 5.73 Å². The third-order valence-electron chi connectivity index (χ3n) is 3.08. The monoisotopic (exact) mass is 261 g/mol. The number of nitrogens with two attached hydrogens (primary N) is 1. The Morgan fingerprint density at radius 3 is 2.58 bits per heavy atom. The van der Waals surface area contributed by atoms with E-state index in [1.807, 2.05) is 12.1 Å². The lowest BCUT2D eigenvalue weighted by atomic mass is 10.0. The molecule has 0 fully saturated rings. The van der Waals surface area contributed by atoms with Gasteiger partial charge in [-0.3, -0.25) is 0 Å². The van der Waals surface area contributed by atoms with Crippen molar-refractivity contribution in [2.75, 3.05) is 0 Å². The summed E-state index contributed by atoms with van der Waals surface area (Å²) in [6.07, 6.45) is 1.18. The van der Waals surface area contributed by atoms with Gasteiger partial charge in [0.15, 0.2) is 5.82 Å². The van der Waals surface area contributed by atoms with Gasteiger partial charge in [0.25, 0.3) is 0 Å². The van der Waals surface area contributed by atoms with Gasteiger partial charge in [-0.05, 0) is 23.6 Å². The molecule has 2 rings (SSSR count). The van der Waals surface area contributed by atoms with Gasteiger partial charge >= 0.3 is 0 Å². The molecule has 3 N–H and O–H groups in total. The second-order valence-electron chi connectivity index (χ2n) is 5.06. The van der Waals surface area contributed by atoms with Crippen LogP contribution >= 0.6 is 0 Å². The number of nitrogens with zero attached hydrogens (tertiary/aromatic N) is 2. The van der Waals surface area contributed by atoms with Crippen LogP contribution in [0.1, 0.15) is 31.1 Å². The number of phenols is 1. The highest BCUT2D eigenvalue weighted by Crippen LogP contribution is 2.13. The topological polar surface area (TPSA) is 85.2 Å². The Morgan fingerprint density at radius 2 is 1.95 bits per heavy atom. The normalized spacial score (nSPS) is 12.8. The van der Waals surface area contributed by atoms with E-state index >= 15 is 0 Å². The lowest BCUT2D eigenvalue weighted by molar-refractivity contribution is 0.350. The van der Waals surface area contributed by atoms with Crippen molar-refractivity contribution in [3.63, 3.8) is 0 Å². The first-order chi connectivity index (χ1) is 9.04. The molecule has 1 heterocycles. The molecular formula is C14H19N3O2. The molecule has 0 bridgehead atoms. The summed E-state index contributed by atoms with van der Waals surface area (Å²) in [4.78, 5) is 4.33. The summed E-state index contributed by atoms with van der Waals surface area (Å²) < 4.78 is 5.19. The highest BCUT2D eigenvalue weighted by Gasteiger charge is 2.14. The maximum atomic E-state index is 9.21. The van der Waals surface area contributed by atoms with E-state index in [9.17, 15) is 5.11 Å². The predicted octanol–water partition coefficient (Wildman–Crippen LogP) is 1.89. The summed E-state index contributed by atoms with van der Waals surface area (Å²) in [5.41, 5.74) is 7.00. The first kappa shape index (κ1) is 13.5. The fraction of sp³-hybridized carbons (Fsp3) is 0.429. The Balaban J connectivity index is 1.99. The van der Waals surface area contributed by atoms with Gasteiger partial charge in [-0.1, -0.05) is 31.1 Å². The van der Waals surface area contributed by atoms with Crippen LogP contribution in [-0.2, 0) is 12.8 Å². The van der Waals surface area contributed by atoms with E-state index < -0.39 is 0 Å². The van der Waals surface area contributed by atoms with Gasteiger partial charge in [0.05, 0.1) is 0 Å². The van der Waals surface area contributed by atoms with E-state index in [4.69, 9.17) is 10.3 Å². The maximum absolute atomic E-state index is 9.21. The number of hydrogen-bond donors (Lipinski definition) is 2. The van der Waals surface area contributed by atoms with Gasteiger partial charge in [0.2, 0.25) is 5.89 Å². The molecule has 102 valence electrons. The third-order valence-corrected chi connectivity index (χ3v) is 3.08. The van der Waals surface area contributed by atoms with Crippen molar-refractivity contribution in [1.29, 1.82) is 0 Å². The fourth-order valence-electron chi connectivity index (χ4n) is 1.68. The number of benzene rings is 1. The van der Waals surface area contributed by atoms with E-state index in [0.717, 1.165) is 5.56 Å². The van der Waals surface area contributed by atoms with E-state index in [2.05, 4.69) is 24.0 Å². The van der Waals surface area contributed by atoms with Gasteiger partial charge in [-0.2, -0.15) is 4.98 Å². The molecule has 2 aromatic rings. The quantitative estimate of drug-likeness (QED) is 0.858. The van der Waals surface area contributed by atoms with Crippen molar-refractivity contribution in [3.05, 3.63) is 41.5 Å². The van der Waals surface area contributed by atoms with Crippen LogP contribution in [0.2, 0.25) is 0 Å². The standard InChI is InChI=1S/C14H19N3O2/c1-9(2)12(15)8-14-16-13(17-19-14)7-10-3-5-11(18)6-4-10/h3-6,9,12,18H,7-8,15H2,1-2H3. The average molecular weight is 261 g/mol. The zero-order valence-corrected chi connectivity index (χ0v) is 11.2. The van der Waals surface area contributed by atoms with Crippen molar-refractivity contribution in [1.82, 2.24) is 10.1 Å². The van der Waals surface area contributed by atoms with E-state index in [0.29, 0.717) is 30.5 Å². The van der Waals surface area contributed by atoms with Gasteiger partial charge in [-0.15, -0.1) is 0 Å². The summed E-state index contributed by atoms with van der Waals surface area (Å²) in [5, 5.41) is 13.2. The minimum Gasteiger partial charge on any atom is -0.508 e. The van der Waals surface area contributed by atoms with Gasteiger partial charge in [0.1, 0.15) is 5.75 Å². The molecule has 0 spiro atoms. The van der Waals surface area contributed by atoms with Crippen LogP contribution in [-0.4, -0.2) is 21.3 Å². The average Bonchev–Trinajstić information content (AvgIpc) is 2.79. The SMILES string of the molecule is CC(C)C(N)Cc1nc(Cc2ccc(O)cc2)no1. The second kappa shape index (κ2) is 5.84. The minimum absolute atomic E-state index is 0.0296. The summed E-state index contributed by atoms with van der Waals surface area (Å²) in [6, 6.07) is 6.99. The van der Waals surface area contributed by atoms with Gasteiger partial charge in [0, 0.05) is 18.9 Å². The van der Waals surface area contributed by atoms with Crippen molar-refractivity contribution in [2.24, 2.45) is 11.7 Å². The Kier molecular flexibility index (Phi) is 4.16. The van der Waals surface area contributed by atoms with Crippen LogP contribution in [0.25, 0.3) is 0 Å². The number of aromatic hydroxyl groups is 1. The minimum atomic E-state index is 0.0296. The van der Waals surface area contributed by atoms with Crippen molar-refractivity contribution in [2.45, 2.75) is 32.7 Å². The summed E-state index contributed by atoms with van der Waals surface area (Å²) in [7, 11) is 0. The van der Waals surface area contributed by atoms with E-state index in [1.165, 1.54) is 0 Å². The van der Waals surface area contributed by atoms with Crippen LogP contribution in [0.15, 0.2) is 28.8 Å². The van der Waals surface area contributed by atoms with Crippen LogP contribution in [0.3, 0.4) is 0 Å². The third kappa shape index (κ3) is 3.79. The molecule has 1 atom stereocenters. The highest BCUT2D eigenvalue weighted by molar-refractivity contribution is 5.27. The molecule has 1 aromatic carbocycles. The molecule has 5 heteroatoms. The molecule has 1 unspecified atom stereocenters. The molecule has 0 amide bonds. The summed E-state index contributed by atoms with van der Waals surface area (Å²) in [5.74, 6) is 1.85. The van der Waals surface area contributed by atoms with Crippen molar-refractivity contribution < 1.29 is 9.63 Å². The lowest BCUT2D eigenvalue weighted by Gasteiger charge is -2.11.